The maximum Gasteiger partial charge on any atom is 0.205 e. The van der Waals surface area contributed by atoms with Crippen LogP contribution in [0.15, 0.2) is 66.6 Å². The van der Waals surface area contributed by atoms with Crippen LogP contribution in [0.2, 0.25) is 0 Å². The predicted octanol–water partition coefficient (Wildman–Crippen LogP) is 3.25. The third kappa shape index (κ3) is 3.56. The molecular weight excluding hydrogens is 376 g/mol. The first kappa shape index (κ1) is 18.1. The van der Waals surface area contributed by atoms with Gasteiger partial charge in [-0.1, -0.05) is 54.1 Å². The van der Waals surface area contributed by atoms with Crippen LogP contribution in [0.3, 0.4) is 0 Å². The number of hydrogen-bond acceptors (Lipinski definition) is 7. The Morgan fingerprint density at radius 2 is 1.90 bits per heavy atom. The quantitative estimate of drug-likeness (QED) is 0.535. The predicted molar refractivity (Wildman–Crippen MR) is 115 cm³/mol. The second-order valence-electron chi connectivity index (χ2n) is 7.19. The van der Waals surface area contributed by atoms with Crippen molar-refractivity contribution in [2.45, 2.75) is 13.5 Å². The third-order valence-corrected chi connectivity index (χ3v) is 5.04. The molecule has 0 spiro atoms. The number of hydrogen-bond donors (Lipinski definition) is 2. The number of fused-ring (bicyclic) bond motifs is 1. The summed E-state index contributed by atoms with van der Waals surface area (Å²) in [5.74, 6) is 1.49. The van der Waals surface area contributed by atoms with Crippen molar-refractivity contribution in [2.24, 2.45) is 0 Å². The third-order valence-electron chi connectivity index (χ3n) is 5.04. The summed E-state index contributed by atoms with van der Waals surface area (Å²) in [5.41, 5.74) is 10.1. The van der Waals surface area contributed by atoms with Crippen molar-refractivity contribution in [3.05, 3.63) is 77.8 Å². The fourth-order valence-electron chi connectivity index (χ4n) is 3.62. The molecule has 2 aromatic heterocycles. The van der Waals surface area contributed by atoms with Gasteiger partial charge in [-0.05, 0) is 34.9 Å². The first-order chi connectivity index (χ1) is 14.8. The van der Waals surface area contributed by atoms with Gasteiger partial charge in [0.1, 0.15) is 6.33 Å². The molecule has 5 rings (SSSR count). The molecular formula is C22H20N8. The van der Waals surface area contributed by atoms with Gasteiger partial charge < -0.3 is 0 Å². The molecule has 3 heterocycles. The topological polar surface area (TPSA) is 95.5 Å². The van der Waals surface area contributed by atoms with Gasteiger partial charge in [0, 0.05) is 23.9 Å². The first-order valence-electron chi connectivity index (χ1n) is 9.68. The summed E-state index contributed by atoms with van der Waals surface area (Å²) in [5, 5.41) is 16.5. The van der Waals surface area contributed by atoms with Crippen LogP contribution in [-0.2, 0) is 6.54 Å². The number of nitrogens with zero attached hydrogens (tertiary/aromatic N) is 6. The molecule has 0 radical (unpaired) electrons. The van der Waals surface area contributed by atoms with Gasteiger partial charge in [0.05, 0.1) is 6.54 Å². The molecule has 30 heavy (non-hydrogen) atoms. The average molecular weight is 396 g/mol. The molecule has 0 atom stereocenters. The molecule has 2 aromatic carbocycles. The number of hydrazine groups is 1. The molecule has 0 amide bonds. The zero-order valence-corrected chi connectivity index (χ0v) is 16.4. The Hall–Kier alpha value is -3.91. The number of rotatable bonds is 5. The lowest BCUT2D eigenvalue weighted by molar-refractivity contribution is 0.632. The Morgan fingerprint density at radius 1 is 1.07 bits per heavy atom. The Kier molecular flexibility index (Phi) is 4.74. The number of anilines is 1. The van der Waals surface area contributed by atoms with Crippen molar-refractivity contribution >= 4 is 11.9 Å². The molecule has 2 N–H and O–H groups in total. The highest BCUT2D eigenvalue weighted by Gasteiger charge is 2.17. The lowest BCUT2D eigenvalue weighted by atomic mass is 9.98. The van der Waals surface area contributed by atoms with E-state index in [9.17, 15) is 0 Å². The van der Waals surface area contributed by atoms with Gasteiger partial charge >= 0.3 is 0 Å². The molecule has 148 valence electrons. The van der Waals surface area contributed by atoms with E-state index in [0.717, 1.165) is 34.6 Å². The van der Waals surface area contributed by atoms with Crippen LogP contribution in [0, 0.1) is 0 Å². The summed E-state index contributed by atoms with van der Waals surface area (Å²) in [6, 6.07) is 16.6. The van der Waals surface area contributed by atoms with E-state index in [-0.39, 0.29) is 0 Å². The lowest BCUT2D eigenvalue weighted by Crippen LogP contribution is -2.41. The fourth-order valence-corrected chi connectivity index (χ4v) is 3.62. The molecule has 0 saturated carbocycles. The van der Waals surface area contributed by atoms with E-state index < -0.39 is 0 Å². The summed E-state index contributed by atoms with van der Waals surface area (Å²) in [7, 11) is 0. The van der Waals surface area contributed by atoms with Crippen LogP contribution in [0.1, 0.15) is 18.1 Å². The molecule has 8 nitrogen and oxygen atoms in total. The van der Waals surface area contributed by atoms with E-state index in [1.54, 1.807) is 6.33 Å². The van der Waals surface area contributed by atoms with Crippen LogP contribution < -0.4 is 10.4 Å². The summed E-state index contributed by atoms with van der Waals surface area (Å²) < 4.78 is 0. The van der Waals surface area contributed by atoms with Crippen molar-refractivity contribution in [2.75, 3.05) is 11.6 Å². The largest absolute Gasteiger partial charge is 0.287 e. The number of aromatic amines is 1. The summed E-state index contributed by atoms with van der Waals surface area (Å²) in [6.45, 7) is 3.60. The molecule has 1 aliphatic heterocycles. The number of aromatic nitrogens is 6. The lowest BCUT2D eigenvalue weighted by Gasteiger charge is -2.29. The standard InChI is InChI=1S/C22H20N8/c1-15-10-18-12-23-14-24-22(18)30(13-15)25-11-16-6-8-17(9-7-16)19-4-2-3-5-20(19)21-26-28-29-27-21/h2-10,12,14,25H,11,13H2,1H3,(H,26,27,28,29). The van der Waals surface area contributed by atoms with Crippen molar-refractivity contribution in [1.82, 2.24) is 36.0 Å². The first-order valence-corrected chi connectivity index (χ1v) is 9.68. The number of nitrogens with one attached hydrogen (secondary N) is 2. The van der Waals surface area contributed by atoms with Gasteiger partial charge in [0.2, 0.25) is 5.82 Å². The van der Waals surface area contributed by atoms with Gasteiger partial charge in [-0.15, -0.1) is 10.2 Å². The Bertz CT molecular complexity index is 1180. The highest BCUT2D eigenvalue weighted by atomic mass is 15.5. The molecule has 1 aliphatic rings. The van der Waals surface area contributed by atoms with Crippen molar-refractivity contribution in [3.8, 4) is 22.5 Å². The van der Waals surface area contributed by atoms with E-state index in [2.05, 4.69) is 84.4 Å². The van der Waals surface area contributed by atoms with Crippen molar-refractivity contribution in [1.29, 1.82) is 0 Å². The van der Waals surface area contributed by atoms with Gasteiger partial charge in [-0.2, -0.15) is 5.21 Å². The molecule has 0 fully saturated rings. The maximum atomic E-state index is 4.42. The number of tetrazole rings is 1. The monoisotopic (exact) mass is 396 g/mol. The van der Waals surface area contributed by atoms with Crippen LogP contribution >= 0.6 is 0 Å². The average Bonchev–Trinajstić information content (AvgIpc) is 3.33. The summed E-state index contributed by atoms with van der Waals surface area (Å²) in [4.78, 5) is 8.55. The smallest absolute Gasteiger partial charge is 0.205 e. The molecule has 0 unspecified atom stereocenters. The Balaban J connectivity index is 1.33. The number of benzene rings is 2. The Morgan fingerprint density at radius 3 is 2.70 bits per heavy atom. The van der Waals surface area contributed by atoms with Gasteiger partial charge in [-0.3, -0.25) is 5.01 Å². The van der Waals surface area contributed by atoms with Crippen molar-refractivity contribution < 1.29 is 0 Å². The van der Waals surface area contributed by atoms with E-state index in [1.807, 2.05) is 24.4 Å². The minimum absolute atomic E-state index is 0.588. The SMILES string of the molecule is CC1=Cc2cncnc2N(NCc2ccc(-c3ccccc3-c3nn[nH]n3)cc2)C1. The zero-order valence-electron chi connectivity index (χ0n) is 16.4. The van der Waals surface area contributed by atoms with E-state index in [4.69, 9.17) is 0 Å². The van der Waals surface area contributed by atoms with Crippen LogP contribution in [0.25, 0.3) is 28.6 Å². The molecule has 8 heteroatoms. The van der Waals surface area contributed by atoms with Crippen molar-refractivity contribution in [3.63, 3.8) is 0 Å². The summed E-state index contributed by atoms with van der Waals surface area (Å²) >= 11 is 0. The van der Waals surface area contributed by atoms with E-state index in [1.165, 1.54) is 11.1 Å². The van der Waals surface area contributed by atoms with Crippen LogP contribution in [-0.4, -0.2) is 37.1 Å². The molecule has 0 bridgehead atoms. The molecule has 4 aromatic rings. The second kappa shape index (κ2) is 7.84. The van der Waals surface area contributed by atoms with Crippen LogP contribution in [0.4, 0.5) is 5.82 Å². The maximum absolute atomic E-state index is 4.42. The minimum atomic E-state index is 0.588. The van der Waals surface area contributed by atoms with E-state index in [0.29, 0.717) is 12.4 Å². The molecule has 0 aliphatic carbocycles. The van der Waals surface area contributed by atoms with Gasteiger partial charge in [-0.25, -0.2) is 15.4 Å². The number of H-pyrrole nitrogens is 1. The fraction of sp³-hybridized carbons (Fsp3) is 0.136. The summed E-state index contributed by atoms with van der Waals surface area (Å²) in [6.07, 6.45) is 5.55. The highest BCUT2D eigenvalue weighted by molar-refractivity contribution is 5.80. The Labute approximate surface area is 173 Å². The second-order valence-corrected chi connectivity index (χ2v) is 7.19. The highest BCUT2D eigenvalue weighted by Crippen LogP contribution is 2.30. The van der Waals surface area contributed by atoms with Crippen LogP contribution in [0.5, 0.6) is 0 Å². The van der Waals surface area contributed by atoms with Gasteiger partial charge in [0.25, 0.3) is 0 Å². The molecule has 0 saturated heterocycles. The van der Waals surface area contributed by atoms with Gasteiger partial charge in [0.15, 0.2) is 5.82 Å². The minimum Gasteiger partial charge on any atom is -0.287 e. The zero-order chi connectivity index (χ0) is 20.3. The normalized spacial score (nSPS) is 13.1. The van der Waals surface area contributed by atoms with E-state index >= 15 is 0 Å².